The van der Waals surface area contributed by atoms with Gasteiger partial charge in [-0.25, -0.2) is 4.79 Å². The molecule has 0 saturated carbocycles. The third kappa shape index (κ3) is 6.39. The standard InChI is InChI=1S/C18H26ClN3O2.C8H8O3/c1-20-8-7-18(17(20)23,15-3-5-16(19)6-4-15)22-11-9-21(10-12-22)13-14-24-2;9-7(8(10)11)6-4-2-1-3-5-6/h3-6H,7-14H2,1-2H3;1-5,7,9H,(H,10,11)/t;7-/m.1/s1. The number of amides is 1. The van der Waals surface area contributed by atoms with Gasteiger partial charge < -0.3 is 19.8 Å². The number of ether oxygens (including phenoxy) is 1. The van der Waals surface area contributed by atoms with Crippen LogP contribution < -0.4 is 0 Å². The van der Waals surface area contributed by atoms with E-state index in [-0.39, 0.29) is 5.91 Å². The Labute approximate surface area is 211 Å². The molecule has 0 aromatic heterocycles. The predicted octanol–water partition coefficient (Wildman–Crippen LogP) is 2.47. The van der Waals surface area contributed by atoms with Crippen LogP contribution in [0.15, 0.2) is 54.6 Å². The quantitative estimate of drug-likeness (QED) is 0.599. The van der Waals surface area contributed by atoms with Crippen molar-refractivity contribution in [1.29, 1.82) is 0 Å². The van der Waals surface area contributed by atoms with E-state index in [0.29, 0.717) is 10.6 Å². The number of carbonyl (C=O) groups excluding carboxylic acids is 1. The molecule has 2 aliphatic heterocycles. The number of aliphatic hydroxyl groups excluding tert-OH is 1. The monoisotopic (exact) mass is 503 g/mol. The van der Waals surface area contributed by atoms with E-state index in [1.165, 1.54) is 0 Å². The largest absolute Gasteiger partial charge is 0.479 e. The van der Waals surface area contributed by atoms with Crippen LogP contribution in [-0.4, -0.2) is 96.8 Å². The fraction of sp³-hybridized carbons (Fsp3) is 0.462. The second-order valence-electron chi connectivity index (χ2n) is 8.82. The Balaban J connectivity index is 0.000000261. The number of piperazine rings is 1. The van der Waals surface area contributed by atoms with Crippen molar-refractivity contribution in [3.63, 3.8) is 0 Å². The van der Waals surface area contributed by atoms with E-state index in [9.17, 15) is 9.59 Å². The molecule has 1 amide bonds. The summed E-state index contributed by atoms with van der Waals surface area (Å²) in [5.41, 5.74) is 0.929. The van der Waals surface area contributed by atoms with Gasteiger partial charge in [0.1, 0.15) is 5.54 Å². The summed E-state index contributed by atoms with van der Waals surface area (Å²) in [5, 5.41) is 18.1. The SMILES string of the molecule is COCCN1CCN(C2(c3ccc(Cl)cc3)CCN(C)C2=O)CC1.O=C(O)[C@H](O)c1ccccc1. The lowest BCUT2D eigenvalue weighted by molar-refractivity contribution is -0.147. The van der Waals surface area contributed by atoms with Crippen LogP contribution in [0.4, 0.5) is 0 Å². The van der Waals surface area contributed by atoms with E-state index >= 15 is 0 Å². The molecular weight excluding hydrogens is 470 g/mol. The Hall–Kier alpha value is -2.49. The summed E-state index contributed by atoms with van der Waals surface area (Å²) in [7, 11) is 3.63. The maximum absolute atomic E-state index is 13.1. The number of likely N-dealkylation sites (tertiary alicyclic amines) is 1. The van der Waals surface area contributed by atoms with Gasteiger partial charge in [-0.3, -0.25) is 14.6 Å². The molecule has 2 atom stereocenters. The normalized spacial score (nSPS) is 21.9. The lowest BCUT2D eigenvalue weighted by Gasteiger charge is -2.44. The van der Waals surface area contributed by atoms with Gasteiger partial charge in [0.15, 0.2) is 6.10 Å². The molecule has 2 fully saturated rings. The summed E-state index contributed by atoms with van der Waals surface area (Å²) in [6, 6.07) is 16.1. The molecule has 2 heterocycles. The zero-order valence-electron chi connectivity index (χ0n) is 20.3. The van der Waals surface area contributed by atoms with E-state index in [1.54, 1.807) is 37.4 Å². The van der Waals surface area contributed by atoms with E-state index in [1.807, 2.05) is 36.2 Å². The van der Waals surface area contributed by atoms with Crippen molar-refractivity contribution < 1.29 is 24.5 Å². The van der Waals surface area contributed by atoms with Crippen molar-refractivity contribution in [2.75, 3.05) is 60.0 Å². The molecule has 0 radical (unpaired) electrons. The fourth-order valence-corrected chi connectivity index (χ4v) is 4.80. The van der Waals surface area contributed by atoms with Crippen LogP contribution in [-0.2, 0) is 19.9 Å². The number of carbonyl (C=O) groups is 2. The second kappa shape index (κ2) is 12.5. The van der Waals surface area contributed by atoms with Crippen LogP contribution >= 0.6 is 11.6 Å². The third-order valence-corrected chi connectivity index (χ3v) is 6.96. The van der Waals surface area contributed by atoms with Crippen LogP contribution in [0.25, 0.3) is 0 Å². The first-order chi connectivity index (χ1) is 16.8. The second-order valence-corrected chi connectivity index (χ2v) is 9.25. The van der Waals surface area contributed by atoms with Crippen molar-refractivity contribution in [2.45, 2.75) is 18.1 Å². The summed E-state index contributed by atoms with van der Waals surface area (Å²) in [6.45, 7) is 6.23. The molecule has 2 saturated heterocycles. The van der Waals surface area contributed by atoms with Crippen molar-refractivity contribution in [1.82, 2.24) is 14.7 Å². The molecule has 2 aromatic rings. The summed E-state index contributed by atoms with van der Waals surface area (Å²) in [4.78, 5) is 30.0. The Kier molecular flexibility index (Phi) is 9.65. The van der Waals surface area contributed by atoms with E-state index in [0.717, 1.165) is 57.9 Å². The van der Waals surface area contributed by atoms with Gasteiger partial charge in [0, 0.05) is 58.4 Å². The molecule has 35 heavy (non-hydrogen) atoms. The van der Waals surface area contributed by atoms with Crippen LogP contribution in [0, 0.1) is 0 Å². The molecule has 2 aromatic carbocycles. The Bertz CT molecular complexity index is 967. The zero-order chi connectivity index (χ0) is 25.4. The van der Waals surface area contributed by atoms with Gasteiger partial charge in [0.2, 0.25) is 5.91 Å². The molecule has 190 valence electrons. The Morgan fingerprint density at radius 2 is 1.69 bits per heavy atom. The predicted molar refractivity (Wildman–Crippen MR) is 134 cm³/mol. The summed E-state index contributed by atoms with van der Waals surface area (Å²) in [5.74, 6) is -1.02. The van der Waals surface area contributed by atoms with E-state index in [4.69, 9.17) is 26.6 Å². The molecule has 2 N–H and O–H groups in total. The molecule has 4 rings (SSSR count). The number of halogens is 1. The highest BCUT2D eigenvalue weighted by Crippen LogP contribution is 2.39. The molecule has 0 bridgehead atoms. The highest BCUT2D eigenvalue weighted by molar-refractivity contribution is 6.30. The molecule has 9 heteroatoms. The third-order valence-electron chi connectivity index (χ3n) is 6.70. The maximum atomic E-state index is 13.1. The number of likely N-dealkylation sites (N-methyl/N-ethyl adjacent to an activating group) is 1. The van der Waals surface area contributed by atoms with Gasteiger partial charge in [0.05, 0.1) is 6.61 Å². The molecule has 1 unspecified atom stereocenters. The average Bonchev–Trinajstić information content (AvgIpc) is 3.19. The number of hydrogen-bond donors (Lipinski definition) is 2. The zero-order valence-corrected chi connectivity index (χ0v) is 21.0. The lowest BCUT2D eigenvalue weighted by atomic mass is 9.85. The number of aliphatic carboxylic acids is 1. The van der Waals surface area contributed by atoms with Gasteiger partial charge in [0.25, 0.3) is 0 Å². The van der Waals surface area contributed by atoms with Crippen molar-refractivity contribution >= 4 is 23.5 Å². The number of carboxylic acids is 1. The van der Waals surface area contributed by atoms with Gasteiger partial charge in [-0.2, -0.15) is 0 Å². The first-order valence-corrected chi connectivity index (χ1v) is 12.1. The average molecular weight is 504 g/mol. The number of rotatable bonds is 7. The van der Waals surface area contributed by atoms with Crippen molar-refractivity contribution in [3.8, 4) is 0 Å². The van der Waals surface area contributed by atoms with Gasteiger partial charge in [-0.15, -0.1) is 0 Å². The molecule has 2 aliphatic rings. The minimum Gasteiger partial charge on any atom is -0.479 e. The number of hydrogen-bond acceptors (Lipinski definition) is 6. The Morgan fingerprint density at radius 1 is 1.06 bits per heavy atom. The van der Waals surface area contributed by atoms with Gasteiger partial charge >= 0.3 is 5.97 Å². The fourth-order valence-electron chi connectivity index (χ4n) is 4.67. The minimum atomic E-state index is -1.41. The molecule has 0 aliphatic carbocycles. The number of nitrogens with zero attached hydrogens (tertiary/aromatic N) is 3. The number of carboxylic acid groups (broad SMARTS) is 1. The summed E-state index contributed by atoms with van der Waals surface area (Å²) < 4.78 is 5.17. The van der Waals surface area contributed by atoms with E-state index in [2.05, 4.69) is 9.80 Å². The van der Waals surface area contributed by atoms with Crippen molar-refractivity contribution in [3.05, 3.63) is 70.7 Å². The van der Waals surface area contributed by atoms with E-state index < -0.39 is 17.6 Å². The van der Waals surface area contributed by atoms with Crippen LogP contribution in [0.3, 0.4) is 0 Å². The lowest BCUT2D eigenvalue weighted by Crippen LogP contribution is -2.58. The molecule has 0 spiro atoms. The smallest absolute Gasteiger partial charge is 0.337 e. The maximum Gasteiger partial charge on any atom is 0.337 e. The minimum absolute atomic E-state index is 0.204. The van der Waals surface area contributed by atoms with Crippen molar-refractivity contribution in [2.24, 2.45) is 0 Å². The highest BCUT2D eigenvalue weighted by atomic mass is 35.5. The van der Waals surface area contributed by atoms with Crippen LogP contribution in [0.2, 0.25) is 5.02 Å². The van der Waals surface area contributed by atoms with Gasteiger partial charge in [-0.05, 0) is 29.7 Å². The molecular formula is C26H34ClN3O5. The highest BCUT2D eigenvalue weighted by Gasteiger charge is 2.51. The Morgan fingerprint density at radius 3 is 2.20 bits per heavy atom. The van der Waals surface area contributed by atoms with Crippen LogP contribution in [0.5, 0.6) is 0 Å². The summed E-state index contributed by atoms with van der Waals surface area (Å²) >= 11 is 6.05. The first kappa shape index (κ1) is 27.1. The number of methoxy groups -OCH3 is 1. The van der Waals surface area contributed by atoms with Crippen LogP contribution in [0.1, 0.15) is 23.7 Å². The summed E-state index contributed by atoms with van der Waals surface area (Å²) in [6.07, 6.45) is -0.571. The number of benzene rings is 2. The molecule has 8 nitrogen and oxygen atoms in total. The van der Waals surface area contributed by atoms with Gasteiger partial charge in [-0.1, -0.05) is 54.1 Å². The first-order valence-electron chi connectivity index (χ1n) is 11.7. The topological polar surface area (TPSA) is 93.6 Å². The number of aliphatic hydroxyl groups is 1.